The zero-order valence-corrected chi connectivity index (χ0v) is 10.8. The highest BCUT2D eigenvalue weighted by molar-refractivity contribution is 5.91. The first kappa shape index (κ1) is 12.8. The number of aliphatic hydroxyl groups is 1. The number of nitrogens with one attached hydrogen (secondary N) is 1. The summed E-state index contributed by atoms with van der Waals surface area (Å²) in [7, 11) is 3.89. The highest BCUT2D eigenvalue weighted by atomic mass is 16.3. The van der Waals surface area contributed by atoms with Crippen molar-refractivity contribution >= 4 is 16.6 Å². The third-order valence-electron chi connectivity index (χ3n) is 2.75. The number of fused-ring (bicyclic) bond motifs is 1. The fourth-order valence-corrected chi connectivity index (χ4v) is 1.96. The molecular formula is C14H19N3O. The Kier molecular flexibility index (Phi) is 4.12. The molecule has 4 heteroatoms. The van der Waals surface area contributed by atoms with Gasteiger partial charge in [-0.1, -0.05) is 24.3 Å². The van der Waals surface area contributed by atoms with Crippen molar-refractivity contribution in [3.63, 3.8) is 0 Å². The van der Waals surface area contributed by atoms with E-state index in [2.05, 4.69) is 16.4 Å². The number of anilines is 1. The highest BCUT2D eigenvalue weighted by Crippen LogP contribution is 2.20. The van der Waals surface area contributed by atoms with Gasteiger partial charge in [-0.2, -0.15) is 0 Å². The van der Waals surface area contributed by atoms with Gasteiger partial charge in [0.15, 0.2) is 0 Å². The van der Waals surface area contributed by atoms with Crippen LogP contribution in [0.4, 0.5) is 5.82 Å². The number of rotatable bonds is 5. The van der Waals surface area contributed by atoms with Crippen molar-refractivity contribution in [1.29, 1.82) is 0 Å². The number of hydrogen-bond donors (Lipinski definition) is 2. The van der Waals surface area contributed by atoms with Gasteiger partial charge in [0, 0.05) is 24.7 Å². The van der Waals surface area contributed by atoms with Crippen LogP contribution < -0.4 is 5.32 Å². The average Bonchev–Trinajstić information content (AvgIpc) is 2.35. The molecule has 1 heterocycles. The summed E-state index contributed by atoms with van der Waals surface area (Å²) in [6, 6.07) is 10.1. The second kappa shape index (κ2) is 5.80. The molecule has 0 unspecified atom stereocenters. The van der Waals surface area contributed by atoms with Gasteiger partial charge in [-0.15, -0.1) is 0 Å². The summed E-state index contributed by atoms with van der Waals surface area (Å²) in [5, 5.41) is 15.3. The lowest BCUT2D eigenvalue weighted by Crippen LogP contribution is -2.31. The molecule has 0 radical (unpaired) electrons. The number of pyridine rings is 1. The van der Waals surface area contributed by atoms with E-state index in [1.54, 1.807) is 6.20 Å². The van der Waals surface area contributed by atoms with E-state index in [0.29, 0.717) is 13.1 Å². The van der Waals surface area contributed by atoms with Gasteiger partial charge in [0.1, 0.15) is 5.82 Å². The summed E-state index contributed by atoms with van der Waals surface area (Å²) in [5.41, 5.74) is 0. The van der Waals surface area contributed by atoms with Crippen molar-refractivity contribution in [2.45, 2.75) is 6.10 Å². The molecule has 0 aliphatic rings. The van der Waals surface area contributed by atoms with Crippen LogP contribution in [0.1, 0.15) is 0 Å². The fraction of sp³-hybridized carbons (Fsp3) is 0.357. The van der Waals surface area contributed by atoms with E-state index in [0.717, 1.165) is 16.6 Å². The van der Waals surface area contributed by atoms with Gasteiger partial charge in [-0.05, 0) is 25.5 Å². The molecular weight excluding hydrogens is 226 g/mol. The van der Waals surface area contributed by atoms with Crippen molar-refractivity contribution in [3.05, 3.63) is 36.5 Å². The first-order valence-electron chi connectivity index (χ1n) is 6.07. The lowest BCUT2D eigenvalue weighted by molar-refractivity contribution is 0.148. The van der Waals surface area contributed by atoms with Crippen LogP contribution in [0.5, 0.6) is 0 Å². The normalized spacial score (nSPS) is 12.9. The molecule has 4 nitrogen and oxygen atoms in total. The maximum atomic E-state index is 9.82. The molecule has 0 bridgehead atoms. The standard InChI is InChI=1S/C14H19N3O/c1-17(2)10-12(18)9-16-14-13-6-4-3-5-11(13)7-8-15-14/h3-8,12,18H,9-10H2,1-2H3,(H,15,16)/t12-/m0/s1. The van der Waals surface area contributed by atoms with Crippen LogP contribution in [0.25, 0.3) is 10.8 Å². The number of hydrogen-bond acceptors (Lipinski definition) is 4. The molecule has 0 saturated heterocycles. The van der Waals surface area contributed by atoms with Crippen LogP contribution in [-0.2, 0) is 0 Å². The predicted molar refractivity (Wildman–Crippen MR) is 74.8 cm³/mol. The molecule has 1 atom stereocenters. The molecule has 0 fully saturated rings. The molecule has 0 aliphatic carbocycles. The molecule has 1 aromatic heterocycles. The molecule has 0 amide bonds. The average molecular weight is 245 g/mol. The Bertz CT molecular complexity index is 508. The largest absolute Gasteiger partial charge is 0.390 e. The zero-order chi connectivity index (χ0) is 13.0. The number of aromatic nitrogens is 1. The summed E-state index contributed by atoms with van der Waals surface area (Å²) >= 11 is 0. The molecule has 2 N–H and O–H groups in total. The molecule has 1 aromatic carbocycles. The van der Waals surface area contributed by atoms with Crippen molar-refractivity contribution in [2.24, 2.45) is 0 Å². The van der Waals surface area contributed by atoms with Gasteiger partial charge < -0.3 is 15.3 Å². The van der Waals surface area contributed by atoms with Gasteiger partial charge in [0.2, 0.25) is 0 Å². The number of nitrogens with zero attached hydrogens (tertiary/aromatic N) is 2. The summed E-state index contributed by atoms with van der Waals surface area (Å²) in [6.45, 7) is 1.14. The molecule has 18 heavy (non-hydrogen) atoms. The van der Waals surface area contributed by atoms with Gasteiger partial charge in [-0.3, -0.25) is 0 Å². The fourth-order valence-electron chi connectivity index (χ4n) is 1.96. The Balaban J connectivity index is 2.08. The van der Waals surface area contributed by atoms with Gasteiger partial charge in [-0.25, -0.2) is 4.98 Å². The summed E-state index contributed by atoms with van der Waals surface area (Å²) in [4.78, 5) is 6.28. The third kappa shape index (κ3) is 3.18. The molecule has 2 aromatic rings. The smallest absolute Gasteiger partial charge is 0.133 e. The van der Waals surface area contributed by atoms with Crippen LogP contribution in [-0.4, -0.2) is 48.3 Å². The Hall–Kier alpha value is -1.65. The van der Waals surface area contributed by atoms with Gasteiger partial charge >= 0.3 is 0 Å². The zero-order valence-electron chi connectivity index (χ0n) is 10.8. The van der Waals surface area contributed by atoms with E-state index < -0.39 is 6.10 Å². The maximum absolute atomic E-state index is 9.82. The molecule has 0 saturated carbocycles. The van der Waals surface area contributed by atoms with Crippen LogP contribution in [0, 0.1) is 0 Å². The quantitative estimate of drug-likeness (QED) is 0.839. The summed E-state index contributed by atoms with van der Waals surface area (Å²) in [6.07, 6.45) is 1.38. The van der Waals surface area contributed by atoms with Crippen molar-refractivity contribution < 1.29 is 5.11 Å². The van der Waals surface area contributed by atoms with E-state index in [1.807, 2.05) is 43.3 Å². The topological polar surface area (TPSA) is 48.4 Å². The van der Waals surface area contributed by atoms with Gasteiger partial charge in [0.05, 0.1) is 6.10 Å². The van der Waals surface area contributed by atoms with Crippen LogP contribution >= 0.6 is 0 Å². The second-order valence-corrected chi connectivity index (χ2v) is 4.68. The first-order chi connectivity index (χ1) is 8.66. The monoisotopic (exact) mass is 245 g/mol. The lowest BCUT2D eigenvalue weighted by Gasteiger charge is -2.17. The van der Waals surface area contributed by atoms with Crippen LogP contribution in [0.2, 0.25) is 0 Å². The maximum Gasteiger partial charge on any atom is 0.133 e. The van der Waals surface area contributed by atoms with Gasteiger partial charge in [0.25, 0.3) is 0 Å². The van der Waals surface area contributed by atoms with E-state index in [9.17, 15) is 5.11 Å². The van der Waals surface area contributed by atoms with Crippen molar-refractivity contribution in [2.75, 3.05) is 32.5 Å². The second-order valence-electron chi connectivity index (χ2n) is 4.68. The number of aliphatic hydroxyl groups excluding tert-OH is 1. The number of likely N-dealkylation sites (N-methyl/N-ethyl adjacent to an activating group) is 1. The van der Waals surface area contributed by atoms with Crippen molar-refractivity contribution in [3.8, 4) is 0 Å². The van der Waals surface area contributed by atoms with Crippen LogP contribution in [0.15, 0.2) is 36.5 Å². The highest BCUT2D eigenvalue weighted by Gasteiger charge is 2.07. The van der Waals surface area contributed by atoms with E-state index >= 15 is 0 Å². The molecule has 2 rings (SSSR count). The lowest BCUT2D eigenvalue weighted by atomic mass is 10.1. The SMILES string of the molecule is CN(C)C[C@@H](O)CNc1nccc2ccccc12. The molecule has 0 spiro atoms. The predicted octanol–water partition coefficient (Wildman–Crippen LogP) is 1.57. The third-order valence-corrected chi connectivity index (χ3v) is 2.75. The Labute approximate surface area is 107 Å². The Morgan fingerprint density at radius 2 is 2.06 bits per heavy atom. The first-order valence-corrected chi connectivity index (χ1v) is 6.07. The van der Waals surface area contributed by atoms with Crippen molar-refractivity contribution in [1.82, 2.24) is 9.88 Å². The van der Waals surface area contributed by atoms with E-state index in [-0.39, 0.29) is 0 Å². The summed E-state index contributed by atoms with van der Waals surface area (Å²) in [5.74, 6) is 0.825. The summed E-state index contributed by atoms with van der Waals surface area (Å²) < 4.78 is 0. The minimum absolute atomic E-state index is 0.402. The minimum Gasteiger partial charge on any atom is -0.390 e. The molecule has 0 aliphatic heterocycles. The van der Waals surface area contributed by atoms with E-state index in [4.69, 9.17) is 0 Å². The van der Waals surface area contributed by atoms with E-state index in [1.165, 1.54) is 0 Å². The number of benzene rings is 1. The Morgan fingerprint density at radius 1 is 1.28 bits per heavy atom. The van der Waals surface area contributed by atoms with Crippen LogP contribution in [0.3, 0.4) is 0 Å². The minimum atomic E-state index is -0.402. The Morgan fingerprint density at radius 3 is 2.83 bits per heavy atom. The molecule has 96 valence electrons.